The Bertz CT molecular complexity index is 792. The van der Waals surface area contributed by atoms with Crippen LogP contribution in [0.5, 0.6) is 0 Å². The topological polar surface area (TPSA) is 66.9 Å². The van der Waals surface area contributed by atoms with E-state index < -0.39 is 0 Å². The number of nitrogens with zero attached hydrogens (tertiary/aromatic N) is 1. The second-order valence-electron chi connectivity index (χ2n) is 5.76. The Morgan fingerprint density at radius 2 is 1.91 bits per heavy atom. The van der Waals surface area contributed by atoms with Gasteiger partial charge in [0.2, 0.25) is 0 Å². The number of H-pyrrole nitrogens is 1. The van der Waals surface area contributed by atoms with Gasteiger partial charge in [-0.3, -0.25) is 14.3 Å². The predicted octanol–water partition coefficient (Wildman–Crippen LogP) is 2.22. The zero-order valence-corrected chi connectivity index (χ0v) is 13.0. The Kier molecular flexibility index (Phi) is 3.64. The molecule has 2 N–H and O–H groups in total. The Labute approximate surface area is 129 Å². The lowest BCUT2D eigenvalue weighted by Gasteiger charge is -2.39. The van der Waals surface area contributed by atoms with Gasteiger partial charge in [0.1, 0.15) is 5.82 Å². The van der Waals surface area contributed by atoms with Gasteiger partial charge in [-0.1, -0.05) is 37.3 Å². The average molecular weight is 299 g/mol. The SMILES string of the molecule is CCn1c(=O)[nH]c2c(c1=O)CC[C@](CC)(c1ccccc1)N2. The van der Waals surface area contributed by atoms with Crippen LogP contribution in [0.4, 0.5) is 5.82 Å². The Balaban J connectivity index is 2.11. The standard InChI is InChI=1S/C17H21N3O2/c1-3-17(12-8-6-5-7-9-12)11-10-13-14(19-17)18-16(22)20(4-2)15(13)21/h5-9,19H,3-4,10-11H2,1-2H3,(H,18,22)/t17-/m1/s1. The average Bonchev–Trinajstić information content (AvgIpc) is 2.55. The number of nitrogens with one attached hydrogen (secondary N) is 2. The Hall–Kier alpha value is -2.30. The molecule has 0 aliphatic carbocycles. The van der Waals surface area contributed by atoms with Crippen molar-refractivity contribution in [2.24, 2.45) is 0 Å². The first kappa shape index (κ1) is 14.6. The maximum Gasteiger partial charge on any atom is 0.329 e. The number of rotatable bonds is 3. The highest BCUT2D eigenvalue weighted by Gasteiger charge is 2.35. The molecule has 0 saturated heterocycles. The fourth-order valence-electron chi connectivity index (χ4n) is 3.32. The predicted molar refractivity (Wildman–Crippen MR) is 87.4 cm³/mol. The van der Waals surface area contributed by atoms with E-state index in [1.165, 1.54) is 10.1 Å². The van der Waals surface area contributed by atoms with Crippen LogP contribution in [-0.4, -0.2) is 9.55 Å². The molecule has 0 unspecified atom stereocenters. The third-order valence-electron chi connectivity index (χ3n) is 4.69. The van der Waals surface area contributed by atoms with Gasteiger partial charge in [-0.2, -0.15) is 0 Å². The number of benzene rings is 1. The minimum atomic E-state index is -0.348. The van der Waals surface area contributed by atoms with Crippen LogP contribution in [0.25, 0.3) is 0 Å². The largest absolute Gasteiger partial charge is 0.362 e. The first-order valence-electron chi connectivity index (χ1n) is 7.81. The Morgan fingerprint density at radius 1 is 1.18 bits per heavy atom. The number of aromatic nitrogens is 2. The molecular formula is C17H21N3O2. The molecule has 1 aromatic heterocycles. The zero-order valence-electron chi connectivity index (χ0n) is 13.0. The van der Waals surface area contributed by atoms with E-state index >= 15 is 0 Å². The van der Waals surface area contributed by atoms with E-state index in [4.69, 9.17) is 0 Å². The molecule has 0 radical (unpaired) electrons. The molecule has 3 rings (SSSR count). The molecule has 0 bridgehead atoms. The van der Waals surface area contributed by atoms with Crippen molar-refractivity contribution in [2.45, 2.75) is 45.2 Å². The van der Waals surface area contributed by atoms with Crippen LogP contribution in [0.3, 0.4) is 0 Å². The van der Waals surface area contributed by atoms with Crippen molar-refractivity contribution in [2.75, 3.05) is 5.32 Å². The molecule has 5 nitrogen and oxygen atoms in total. The van der Waals surface area contributed by atoms with Gasteiger partial charge in [-0.25, -0.2) is 4.79 Å². The van der Waals surface area contributed by atoms with E-state index in [1.807, 2.05) is 18.2 Å². The lowest BCUT2D eigenvalue weighted by Crippen LogP contribution is -2.45. The van der Waals surface area contributed by atoms with Crippen molar-refractivity contribution >= 4 is 5.82 Å². The van der Waals surface area contributed by atoms with Crippen molar-refractivity contribution in [1.29, 1.82) is 0 Å². The van der Waals surface area contributed by atoms with E-state index in [2.05, 4.69) is 29.4 Å². The van der Waals surface area contributed by atoms with Crippen LogP contribution in [0, 0.1) is 0 Å². The lowest BCUT2D eigenvalue weighted by atomic mass is 9.79. The summed E-state index contributed by atoms with van der Waals surface area (Å²) in [6.07, 6.45) is 2.39. The highest BCUT2D eigenvalue weighted by atomic mass is 16.2. The number of anilines is 1. The van der Waals surface area contributed by atoms with Gasteiger partial charge < -0.3 is 5.32 Å². The molecule has 0 spiro atoms. The van der Waals surface area contributed by atoms with Crippen molar-refractivity contribution in [1.82, 2.24) is 9.55 Å². The summed E-state index contributed by atoms with van der Waals surface area (Å²) in [5.41, 5.74) is 1.11. The maximum absolute atomic E-state index is 12.4. The van der Waals surface area contributed by atoms with E-state index in [-0.39, 0.29) is 16.8 Å². The summed E-state index contributed by atoms with van der Waals surface area (Å²) in [4.78, 5) is 27.3. The van der Waals surface area contributed by atoms with Crippen LogP contribution in [0.15, 0.2) is 39.9 Å². The number of aromatic amines is 1. The maximum atomic E-state index is 12.4. The molecular weight excluding hydrogens is 278 g/mol. The second-order valence-corrected chi connectivity index (χ2v) is 5.76. The summed E-state index contributed by atoms with van der Waals surface area (Å²) in [6, 6.07) is 10.2. The van der Waals surface area contributed by atoms with Gasteiger partial charge in [0.25, 0.3) is 5.56 Å². The van der Waals surface area contributed by atoms with Crippen LogP contribution < -0.4 is 16.6 Å². The number of fused-ring (bicyclic) bond motifs is 1. The quantitative estimate of drug-likeness (QED) is 0.913. The summed E-state index contributed by atoms with van der Waals surface area (Å²) >= 11 is 0. The van der Waals surface area contributed by atoms with Gasteiger partial charge in [0.05, 0.1) is 11.1 Å². The van der Waals surface area contributed by atoms with Crippen LogP contribution in [-0.2, 0) is 18.5 Å². The summed E-state index contributed by atoms with van der Waals surface area (Å²) < 4.78 is 1.25. The summed E-state index contributed by atoms with van der Waals surface area (Å²) in [5.74, 6) is 0.580. The first-order chi connectivity index (χ1) is 10.6. The lowest BCUT2D eigenvalue weighted by molar-refractivity contribution is 0.414. The Morgan fingerprint density at radius 3 is 2.55 bits per heavy atom. The molecule has 1 aromatic carbocycles. The zero-order chi connectivity index (χ0) is 15.7. The van der Waals surface area contributed by atoms with Crippen molar-refractivity contribution in [3.8, 4) is 0 Å². The normalized spacial score (nSPS) is 20.3. The molecule has 5 heteroatoms. The van der Waals surface area contributed by atoms with E-state index in [0.717, 1.165) is 12.8 Å². The van der Waals surface area contributed by atoms with Crippen molar-refractivity contribution < 1.29 is 0 Å². The van der Waals surface area contributed by atoms with Crippen molar-refractivity contribution in [3.05, 3.63) is 62.3 Å². The highest BCUT2D eigenvalue weighted by molar-refractivity contribution is 5.50. The minimum absolute atomic E-state index is 0.175. The van der Waals surface area contributed by atoms with E-state index in [0.29, 0.717) is 24.3 Å². The smallest absolute Gasteiger partial charge is 0.329 e. The third-order valence-corrected chi connectivity index (χ3v) is 4.69. The molecule has 1 aliphatic heterocycles. The van der Waals surface area contributed by atoms with Gasteiger partial charge in [0.15, 0.2) is 0 Å². The number of hydrogen-bond donors (Lipinski definition) is 2. The summed E-state index contributed by atoms with van der Waals surface area (Å²) in [5, 5.41) is 3.44. The van der Waals surface area contributed by atoms with Gasteiger partial charge in [-0.15, -0.1) is 0 Å². The van der Waals surface area contributed by atoms with Gasteiger partial charge in [0, 0.05) is 6.54 Å². The molecule has 22 heavy (non-hydrogen) atoms. The molecule has 0 saturated carbocycles. The highest BCUT2D eigenvalue weighted by Crippen LogP contribution is 2.37. The molecule has 1 aliphatic rings. The van der Waals surface area contributed by atoms with Gasteiger partial charge in [-0.05, 0) is 31.7 Å². The monoisotopic (exact) mass is 299 g/mol. The van der Waals surface area contributed by atoms with E-state index in [1.54, 1.807) is 6.92 Å². The molecule has 116 valence electrons. The van der Waals surface area contributed by atoms with Crippen LogP contribution in [0.2, 0.25) is 0 Å². The first-order valence-corrected chi connectivity index (χ1v) is 7.81. The van der Waals surface area contributed by atoms with Crippen LogP contribution in [0.1, 0.15) is 37.8 Å². The third kappa shape index (κ3) is 2.17. The molecule has 1 atom stereocenters. The van der Waals surface area contributed by atoms with Crippen molar-refractivity contribution in [3.63, 3.8) is 0 Å². The molecule has 0 amide bonds. The second kappa shape index (κ2) is 5.48. The molecule has 2 heterocycles. The number of hydrogen-bond acceptors (Lipinski definition) is 3. The summed E-state index contributed by atoms with van der Waals surface area (Å²) in [6.45, 7) is 4.31. The van der Waals surface area contributed by atoms with Gasteiger partial charge >= 0.3 is 5.69 Å². The van der Waals surface area contributed by atoms with E-state index in [9.17, 15) is 9.59 Å². The van der Waals surface area contributed by atoms with Crippen LogP contribution >= 0.6 is 0 Å². The fourth-order valence-corrected chi connectivity index (χ4v) is 3.32. The summed E-state index contributed by atoms with van der Waals surface area (Å²) in [7, 11) is 0. The fraction of sp³-hybridized carbons (Fsp3) is 0.412. The minimum Gasteiger partial charge on any atom is -0.362 e. The molecule has 0 fully saturated rings. The molecule has 2 aromatic rings.